The molecular weight excluding hydrogens is 376 g/mol. The third kappa shape index (κ3) is 2.84. The van der Waals surface area contributed by atoms with Crippen LogP contribution in [0.5, 0.6) is 0 Å². The fourth-order valence-electron chi connectivity index (χ4n) is 3.82. The maximum atomic E-state index is 13.2. The number of rotatable bonds is 2. The van der Waals surface area contributed by atoms with Crippen LogP contribution in [0.2, 0.25) is 0 Å². The molecule has 5 heteroatoms. The number of para-hydroxylation sites is 1. The lowest BCUT2D eigenvalue weighted by atomic mass is 9.94. The molecule has 0 saturated carbocycles. The molecule has 0 unspecified atom stereocenters. The van der Waals surface area contributed by atoms with Gasteiger partial charge in [-0.05, 0) is 51.4 Å². The lowest BCUT2D eigenvalue weighted by Gasteiger charge is -2.26. The minimum Gasteiger partial charge on any atom is -0.273 e. The number of nitrogens with one attached hydrogen (secondary N) is 1. The molecule has 0 aromatic heterocycles. The molecular formula is C25H16N2O3. The van der Waals surface area contributed by atoms with Gasteiger partial charge in [0.1, 0.15) is 5.57 Å². The number of amides is 4. The summed E-state index contributed by atoms with van der Waals surface area (Å²) < 4.78 is 0. The van der Waals surface area contributed by atoms with E-state index < -0.39 is 17.8 Å². The van der Waals surface area contributed by atoms with Gasteiger partial charge in [-0.15, -0.1) is 0 Å². The van der Waals surface area contributed by atoms with Crippen LogP contribution in [0.15, 0.2) is 90.5 Å². The van der Waals surface area contributed by atoms with E-state index in [9.17, 15) is 14.4 Å². The van der Waals surface area contributed by atoms with Gasteiger partial charge in [0.25, 0.3) is 11.8 Å². The van der Waals surface area contributed by atoms with Crippen molar-refractivity contribution in [2.24, 2.45) is 0 Å². The van der Waals surface area contributed by atoms with Crippen molar-refractivity contribution in [2.45, 2.75) is 0 Å². The molecule has 4 amide bonds. The van der Waals surface area contributed by atoms with Gasteiger partial charge in [-0.1, -0.05) is 66.7 Å². The molecule has 144 valence electrons. The molecule has 5 nitrogen and oxygen atoms in total. The van der Waals surface area contributed by atoms with E-state index in [1.54, 1.807) is 36.4 Å². The second kappa shape index (κ2) is 6.97. The summed E-state index contributed by atoms with van der Waals surface area (Å²) in [4.78, 5) is 39.2. The van der Waals surface area contributed by atoms with Crippen LogP contribution in [0.4, 0.5) is 10.5 Å². The monoisotopic (exact) mass is 392 g/mol. The zero-order valence-electron chi connectivity index (χ0n) is 15.8. The van der Waals surface area contributed by atoms with Gasteiger partial charge in [-0.3, -0.25) is 14.9 Å². The Hall–Kier alpha value is -4.25. The lowest BCUT2D eigenvalue weighted by molar-refractivity contribution is -0.122. The van der Waals surface area contributed by atoms with Crippen LogP contribution in [0.1, 0.15) is 5.56 Å². The highest BCUT2D eigenvalue weighted by Gasteiger charge is 2.36. The molecule has 0 radical (unpaired) electrons. The Morgan fingerprint density at radius 1 is 0.700 bits per heavy atom. The number of barbiturate groups is 1. The number of anilines is 1. The molecule has 1 fully saturated rings. The van der Waals surface area contributed by atoms with Crippen LogP contribution < -0.4 is 10.2 Å². The van der Waals surface area contributed by atoms with Gasteiger partial charge in [0, 0.05) is 0 Å². The SMILES string of the molecule is O=C1NC(=O)N(c2ccccc2)C(=O)C1=Cc1c2ccccc2cc2ccccc12. The fraction of sp³-hybridized carbons (Fsp3) is 0. The molecule has 1 aliphatic rings. The first kappa shape index (κ1) is 17.8. The quantitative estimate of drug-likeness (QED) is 0.307. The number of urea groups is 1. The zero-order chi connectivity index (χ0) is 20.7. The average molecular weight is 392 g/mol. The van der Waals surface area contributed by atoms with Gasteiger partial charge in [-0.2, -0.15) is 0 Å². The van der Waals surface area contributed by atoms with Crippen molar-refractivity contribution in [1.29, 1.82) is 0 Å². The maximum Gasteiger partial charge on any atom is 0.335 e. The topological polar surface area (TPSA) is 66.5 Å². The summed E-state index contributed by atoms with van der Waals surface area (Å²) in [7, 11) is 0. The van der Waals surface area contributed by atoms with Crippen molar-refractivity contribution in [3.05, 3.63) is 96.1 Å². The summed E-state index contributed by atoms with van der Waals surface area (Å²) in [6, 6.07) is 25.5. The first-order valence-corrected chi connectivity index (χ1v) is 9.50. The van der Waals surface area contributed by atoms with E-state index in [4.69, 9.17) is 0 Å². The molecule has 1 heterocycles. The number of nitrogens with zero attached hydrogens (tertiary/aromatic N) is 1. The number of benzene rings is 4. The molecule has 30 heavy (non-hydrogen) atoms. The molecule has 0 aliphatic carbocycles. The van der Waals surface area contributed by atoms with Gasteiger partial charge < -0.3 is 0 Å². The van der Waals surface area contributed by atoms with Crippen LogP contribution in [0.25, 0.3) is 27.6 Å². The van der Waals surface area contributed by atoms with Crippen molar-refractivity contribution in [3.63, 3.8) is 0 Å². The summed E-state index contributed by atoms with van der Waals surface area (Å²) >= 11 is 0. The molecule has 5 rings (SSSR count). The summed E-state index contributed by atoms with van der Waals surface area (Å²) in [5.74, 6) is -1.35. The Morgan fingerprint density at radius 2 is 1.27 bits per heavy atom. The predicted octanol–water partition coefficient (Wildman–Crippen LogP) is 4.66. The minimum atomic E-state index is -0.754. The van der Waals surface area contributed by atoms with Gasteiger partial charge >= 0.3 is 6.03 Å². The van der Waals surface area contributed by atoms with E-state index in [-0.39, 0.29) is 5.57 Å². The molecule has 0 atom stereocenters. The van der Waals surface area contributed by atoms with Crippen LogP contribution in [0.3, 0.4) is 0 Å². The Balaban J connectivity index is 1.74. The minimum absolute atomic E-state index is 0.0834. The Morgan fingerprint density at radius 3 is 1.90 bits per heavy atom. The highest BCUT2D eigenvalue weighted by molar-refractivity contribution is 6.39. The largest absolute Gasteiger partial charge is 0.335 e. The highest BCUT2D eigenvalue weighted by atomic mass is 16.2. The molecule has 4 aromatic carbocycles. The van der Waals surface area contributed by atoms with E-state index in [1.165, 1.54) is 0 Å². The molecule has 0 spiro atoms. The number of imide groups is 2. The fourth-order valence-corrected chi connectivity index (χ4v) is 3.82. The first-order chi connectivity index (χ1) is 14.6. The molecule has 0 bridgehead atoms. The molecule has 4 aromatic rings. The van der Waals surface area contributed by atoms with Crippen LogP contribution in [-0.4, -0.2) is 17.8 Å². The first-order valence-electron chi connectivity index (χ1n) is 9.50. The smallest absolute Gasteiger partial charge is 0.273 e. The van der Waals surface area contributed by atoms with Gasteiger partial charge in [0.05, 0.1) is 5.69 Å². The van der Waals surface area contributed by atoms with Crippen LogP contribution in [-0.2, 0) is 9.59 Å². The highest BCUT2D eigenvalue weighted by Crippen LogP contribution is 2.31. The number of carbonyl (C=O) groups is 3. The van der Waals surface area contributed by atoms with Crippen molar-refractivity contribution in [2.75, 3.05) is 4.90 Å². The van der Waals surface area contributed by atoms with Crippen molar-refractivity contribution in [3.8, 4) is 0 Å². The molecule has 1 saturated heterocycles. The average Bonchev–Trinajstić information content (AvgIpc) is 2.76. The van der Waals surface area contributed by atoms with E-state index in [0.29, 0.717) is 5.69 Å². The van der Waals surface area contributed by atoms with Crippen LogP contribution in [0, 0.1) is 0 Å². The molecule has 1 aliphatic heterocycles. The number of hydrogen-bond acceptors (Lipinski definition) is 3. The van der Waals surface area contributed by atoms with Crippen LogP contribution >= 0.6 is 0 Å². The van der Waals surface area contributed by atoms with Gasteiger partial charge in [0.2, 0.25) is 0 Å². The summed E-state index contributed by atoms with van der Waals surface area (Å²) in [6.07, 6.45) is 1.59. The standard InChI is InChI=1S/C25H16N2O3/c28-23-22(24(29)27(25(30)26-23)18-10-2-1-3-11-18)15-21-19-12-6-4-8-16(19)14-17-9-5-7-13-20(17)21/h1-15H,(H,26,28,30). The van der Waals surface area contributed by atoms with Crippen molar-refractivity contribution < 1.29 is 14.4 Å². The van der Waals surface area contributed by atoms with Crippen molar-refractivity contribution in [1.82, 2.24) is 5.32 Å². The zero-order valence-corrected chi connectivity index (χ0v) is 15.8. The number of fused-ring (bicyclic) bond motifs is 2. The normalized spacial score (nSPS) is 15.8. The van der Waals surface area contributed by atoms with Crippen molar-refractivity contribution >= 4 is 51.2 Å². The van der Waals surface area contributed by atoms with E-state index in [0.717, 1.165) is 32.0 Å². The van der Waals surface area contributed by atoms with Gasteiger partial charge in [0.15, 0.2) is 0 Å². The second-order valence-electron chi connectivity index (χ2n) is 7.03. The summed E-state index contributed by atoms with van der Waals surface area (Å²) in [6.45, 7) is 0. The Labute approximate surface area is 172 Å². The van der Waals surface area contributed by atoms with Gasteiger partial charge in [-0.25, -0.2) is 9.69 Å². The van der Waals surface area contributed by atoms with E-state index in [1.807, 2.05) is 48.5 Å². The third-order valence-corrected chi connectivity index (χ3v) is 5.22. The number of carbonyl (C=O) groups excluding carboxylic acids is 3. The summed E-state index contributed by atoms with van der Waals surface area (Å²) in [5, 5.41) is 6.14. The third-order valence-electron chi connectivity index (χ3n) is 5.22. The Kier molecular flexibility index (Phi) is 4.14. The molecule has 1 N–H and O–H groups in total. The second-order valence-corrected chi connectivity index (χ2v) is 7.03. The summed E-state index contributed by atoms with van der Waals surface area (Å²) in [5.41, 5.74) is 1.09. The lowest BCUT2D eigenvalue weighted by Crippen LogP contribution is -2.54. The number of hydrogen-bond donors (Lipinski definition) is 1. The Bertz CT molecular complexity index is 1320. The van der Waals surface area contributed by atoms with E-state index in [2.05, 4.69) is 11.4 Å². The maximum absolute atomic E-state index is 13.2. The van der Waals surface area contributed by atoms with E-state index >= 15 is 0 Å². The predicted molar refractivity (Wildman–Crippen MR) is 117 cm³/mol.